The molecule has 0 aliphatic rings. The van der Waals surface area contributed by atoms with E-state index in [1.54, 1.807) is 17.5 Å². The summed E-state index contributed by atoms with van der Waals surface area (Å²) in [5.74, 6) is 0.191. The van der Waals surface area contributed by atoms with Crippen LogP contribution in [0.25, 0.3) is 21.1 Å². The summed E-state index contributed by atoms with van der Waals surface area (Å²) in [7, 11) is 0. The summed E-state index contributed by atoms with van der Waals surface area (Å²) in [6.45, 7) is 0. The summed E-state index contributed by atoms with van der Waals surface area (Å²) in [5, 5.41) is 16.5. The van der Waals surface area contributed by atoms with Gasteiger partial charge >= 0.3 is 0 Å². The van der Waals surface area contributed by atoms with Gasteiger partial charge in [-0.05, 0) is 97.1 Å². The van der Waals surface area contributed by atoms with E-state index < -0.39 is 0 Å². The van der Waals surface area contributed by atoms with E-state index >= 15 is 0 Å². The lowest BCUT2D eigenvalue weighted by atomic mass is 9.96. The molecule has 2 N–H and O–H groups in total. The van der Waals surface area contributed by atoms with E-state index in [0.29, 0.717) is 5.52 Å². The van der Waals surface area contributed by atoms with Crippen molar-refractivity contribution in [1.82, 2.24) is 9.97 Å². The Morgan fingerprint density at radius 3 is 2.44 bits per heavy atom. The second-order valence-corrected chi connectivity index (χ2v) is 19.3. The zero-order valence-corrected chi connectivity index (χ0v) is 23.8. The minimum atomic E-state index is -0.275. The van der Waals surface area contributed by atoms with Gasteiger partial charge in [-0.1, -0.05) is 65.9 Å². The molecule has 32 heavy (non-hydrogen) atoms. The van der Waals surface area contributed by atoms with E-state index in [-0.39, 0.29) is 11.2 Å². The molecule has 0 fully saturated rings. The third kappa shape index (κ3) is 4.55. The molecule has 0 radical (unpaired) electrons. The number of pyridine rings is 1. The normalized spacial score (nSPS) is 12.8. The Bertz CT molecular complexity index is 1380. The van der Waals surface area contributed by atoms with Crippen molar-refractivity contribution in [2.45, 2.75) is 5.48 Å². The number of para-hydroxylation sites is 1. The fourth-order valence-corrected chi connectivity index (χ4v) is 5.61. The lowest BCUT2D eigenvalue weighted by Gasteiger charge is -2.22. The minimum absolute atomic E-state index is 0.0171. The molecule has 2 heterocycles. The van der Waals surface area contributed by atoms with Gasteiger partial charge in [0.1, 0.15) is 10.7 Å². The molecule has 160 valence electrons. The number of aromatic nitrogens is 2. The molecular weight excluding hydrogens is 759 g/mol. The van der Waals surface area contributed by atoms with Crippen LogP contribution < -0.4 is 5.32 Å². The fourth-order valence-electron chi connectivity index (χ4n) is 3.64. The van der Waals surface area contributed by atoms with Crippen LogP contribution >= 0.6 is 79.1 Å². The quantitative estimate of drug-likeness (QED) is 0.140. The zero-order valence-electron chi connectivity index (χ0n) is 16.5. The monoisotopic (exact) mass is 775 g/mol. The van der Waals surface area contributed by atoms with E-state index in [1.807, 2.05) is 42.5 Å². The van der Waals surface area contributed by atoms with Gasteiger partial charge in [-0.15, -0.1) is 0 Å². The number of nitrogens with one attached hydrogen (secondary N) is 1. The van der Waals surface area contributed by atoms with Gasteiger partial charge in [0, 0.05) is 17.1 Å². The van der Waals surface area contributed by atoms with Crippen molar-refractivity contribution in [3.05, 3.63) is 95.7 Å². The number of benzene rings is 3. The van der Waals surface area contributed by atoms with Crippen LogP contribution in [0.2, 0.25) is 0 Å². The highest BCUT2D eigenvalue weighted by atomic mass is 127. The maximum Gasteiger partial charge on any atom is 0.184 e. The first-order valence-corrected chi connectivity index (χ1v) is 13.8. The molecule has 5 rings (SSSR count). The highest BCUT2D eigenvalue weighted by Crippen LogP contribution is 2.46. The van der Waals surface area contributed by atoms with Crippen LogP contribution in [-0.2, 0) is -0.565 Å². The molecule has 8 heteroatoms. The summed E-state index contributed by atoms with van der Waals surface area (Å²) in [5.41, 5.74) is 4.61. The molecule has 0 aliphatic heterocycles. The van der Waals surface area contributed by atoms with Crippen molar-refractivity contribution in [3.8, 4) is 5.75 Å². The number of anilines is 1. The Morgan fingerprint density at radius 2 is 1.69 bits per heavy atom. The van der Waals surface area contributed by atoms with Crippen LogP contribution in [0.5, 0.6) is 5.75 Å². The Hall–Kier alpha value is -1.25. The van der Waals surface area contributed by atoms with Crippen LogP contribution in [0.15, 0.2) is 79.0 Å². The highest BCUT2D eigenvalue weighted by Gasteiger charge is 2.24. The molecule has 0 bridgehead atoms. The lowest BCUT2D eigenvalue weighted by molar-refractivity contribution is 0.472. The molecule has 0 saturated heterocycles. The first-order valence-electron chi connectivity index (χ1n) is 9.76. The Labute approximate surface area is 230 Å². The molecule has 3 aromatic carbocycles. The highest BCUT2D eigenvalue weighted by molar-refractivity contribution is 14.3. The molecule has 1 unspecified atom stereocenters. The number of thiazole rings is 1. The number of fused-ring (bicyclic) bond motifs is 2. The number of phenols is 1. The van der Waals surface area contributed by atoms with E-state index in [1.165, 1.54) is 5.56 Å². The van der Waals surface area contributed by atoms with Gasteiger partial charge < -0.3 is 10.4 Å². The van der Waals surface area contributed by atoms with Gasteiger partial charge in [0.05, 0.1) is 16.3 Å². The van der Waals surface area contributed by atoms with E-state index in [2.05, 4.69) is 108 Å². The van der Waals surface area contributed by atoms with Crippen molar-refractivity contribution in [2.24, 2.45) is 0 Å². The van der Waals surface area contributed by atoms with Gasteiger partial charge in [-0.25, -0.2) is 4.98 Å². The van der Waals surface area contributed by atoms with Gasteiger partial charge in [-0.3, -0.25) is 4.98 Å². The summed E-state index contributed by atoms with van der Waals surface area (Å²) >= 11 is 8.88. The second kappa shape index (κ2) is 9.18. The van der Waals surface area contributed by atoms with E-state index in [9.17, 15) is 5.11 Å². The zero-order chi connectivity index (χ0) is 22.3. The van der Waals surface area contributed by atoms with Crippen molar-refractivity contribution in [3.63, 3.8) is 0 Å². The Morgan fingerprint density at radius 1 is 0.906 bits per heavy atom. The number of phenolic OH excluding ortho intramolecular Hbond substituents is 1. The number of aromatic hydroxyl groups is 1. The molecule has 2 aromatic heterocycles. The van der Waals surface area contributed by atoms with Crippen LogP contribution in [0.1, 0.15) is 22.7 Å². The molecular formula is C24H16I3N3OS. The molecule has 0 aliphatic carbocycles. The van der Waals surface area contributed by atoms with Crippen LogP contribution in [0.4, 0.5) is 5.13 Å². The summed E-state index contributed by atoms with van der Waals surface area (Å²) in [4.78, 5) is 9.17. The topological polar surface area (TPSA) is 58.0 Å². The maximum absolute atomic E-state index is 11.2. The molecule has 0 amide bonds. The Kier molecular flexibility index (Phi) is 6.47. The van der Waals surface area contributed by atoms with Crippen LogP contribution in [0.3, 0.4) is 0 Å². The first kappa shape index (κ1) is 22.5. The van der Waals surface area contributed by atoms with Crippen LogP contribution in [0, 0.1) is 0 Å². The van der Waals surface area contributed by atoms with E-state index in [0.717, 1.165) is 31.9 Å². The largest absolute Gasteiger partial charge is 0.505 e. The fraction of sp³-hybridized carbons (Fsp3) is 0.0833. The SMILES string of the molecule is Oc1c(C(Nc2nc3ccccc3s2)c2ccc(C(I)(I)I)cc2)ccc2cccnc12. The average Bonchev–Trinajstić information content (AvgIpc) is 3.20. The molecule has 1 atom stereocenters. The van der Waals surface area contributed by atoms with Crippen molar-refractivity contribution >= 4 is 105 Å². The number of hydrogen-bond acceptors (Lipinski definition) is 5. The molecule has 4 nitrogen and oxygen atoms in total. The second-order valence-electron chi connectivity index (χ2n) is 7.26. The summed E-state index contributed by atoms with van der Waals surface area (Å²) in [6.07, 6.45) is 1.71. The third-order valence-electron chi connectivity index (χ3n) is 5.22. The van der Waals surface area contributed by atoms with Gasteiger partial charge in [-0.2, -0.15) is 0 Å². The minimum Gasteiger partial charge on any atom is -0.505 e. The molecule has 0 spiro atoms. The smallest absolute Gasteiger partial charge is 0.184 e. The van der Waals surface area contributed by atoms with Gasteiger partial charge in [0.15, 0.2) is 5.13 Å². The van der Waals surface area contributed by atoms with Crippen molar-refractivity contribution in [2.75, 3.05) is 5.32 Å². The number of nitrogens with zero attached hydrogens (tertiary/aromatic N) is 2. The third-order valence-corrected chi connectivity index (χ3v) is 8.06. The summed E-state index contributed by atoms with van der Waals surface area (Å²) < 4.78 is 1.11. The van der Waals surface area contributed by atoms with Gasteiger partial charge in [0.2, 0.25) is 0 Å². The predicted octanol–water partition coefficient (Wildman–Crippen LogP) is 8.17. The Balaban J connectivity index is 1.62. The number of halogens is 3. The standard InChI is InChI=1S/C24H16I3N3OS/c25-24(26,27)16-10-7-15(8-11-16)20(30-23-29-18-5-1-2-6-19(18)32-23)17-12-9-14-4-3-13-28-21(14)22(17)31/h1-13,20,31H,(H,29,30). The molecule has 0 saturated carbocycles. The van der Waals surface area contributed by atoms with Crippen LogP contribution in [-0.4, -0.2) is 15.1 Å². The number of alkyl halides is 3. The molecule has 5 aromatic rings. The number of rotatable bonds is 5. The van der Waals surface area contributed by atoms with Gasteiger partial charge in [0.25, 0.3) is 0 Å². The van der Waals surface area contributed by atoms with E-state index in [4.69, 9.17) is 4.98 Å². The van der Waals surface area contributed by atoms with Crippen molar-refractivity contribution < 1.29 is 5.11 Å². The first-order chi connectivity index (χ1) is 15.4. The summed E-state index contributed by atoms with van der Waals surface area (Å²) in [6, 6.07) is 24.1. The van der Waals surface area contributed by atoms with Crippen molar-refractivity contribution in [1.29, 1.82) is 0 Å². The predicted molar refractivity (Wildman–Crippen MR) is 159 cm³/mol. The number of hydrogen-bond donors (Lipinski definition) is 2. The average molecular weight is 775 g/mol. The maximum atomic E-state index is 11.2. The lowest BCUT2D eigenvalue weighted by Crippen LogP contribution is -2.13.